The molecular formula is C16H18N6O2. The summed E-state index contributed by atoms with van der Waals surface area (Å²) in [5.74, 6) is 0.263. The maximum Gasteiger partial charge on any atom is 0.270 e. The Morgan fingerprint density at radius 3 is 2.88 bits per heavy atom. The molecule has 24 heavy (non-hydrogen) atoms. The largest absolute Gasteiger partial charge is 0.334 e. The average Bonchev–Trinajstić information content (AvgIpc) is 3.03. The van der Waals surface area contributed by atoms with E-state index in [1.165, 1.54) is 15.5 Å². The van der Waals surface area contributed by atoms with Crippen molar-refractivity contribution in [2.24, 2.45) is 0 Å². The fourth-order valence-corrected chi connectivity index (χ4v) is 2.47. The second kappa shape index (κ2) is 6.23. The molecule has 3 aromatic heterocycles. The predicted octanol–water partition coefficient (Wildman–Crippen LogP) is 1.14. The van der Waals surface area contributed by atoms with Gasteiger partial charge in [-0.15, -0.1) is 10.2 Å². The van der Waals surface area contributed by atoms with Crippen molar-refractivity contribution in [1.29, 1.82) is 0 Å². The van der Waals surface area contributed by atoms with E-state index in [0.29, 0.717) is 11.5 Å². The summed E-state index contributed by atoms with van der Waals surface area (Å²) >= 11 is 0. The molecule has 0 atom stereocenters. The molecule has 124 valence electrons. The fraction of sp³-hybridized carbons (Fsp3) is 0.312. The molecular weight excluding hydrogens is 308 g/mol. The van der Waals surface area contributed by atoms with Crippen LogP contribution >= 0.6 is 0 Å². The van der Waals surface area contributed by atoms with Gasteiger partial charge in [0.05, 0.1) is 6.54 Å². The number of pyridine rings is 1. The van der Waals surface area contributed by atoms with Crippen LogP contribution in [0.15, 0.2) is 41.7 Å². The van der Waals surface area contributed by atoms with E-state index in [1.807, 2.05) is 18.4 Å². The SMILES string of the molecule is CC(C)n1cnnc1CN(C)C(=O)c1cnc2ccccn2c1=O. The monoisotopic (exact) mass is 326 g/mol. The van der Waals surface area contributed by atoms with Crippen molar-refractivity contribution >= 4 is 11.6 Å². The number of hydrogen-bond acceptors (Lipinski definition) is 5. The van der Waals surface area contributed by atoms with E-state index < -0.39 is 5.91 Å². The zero-order chi connectivity index (χ0) is 17.3. The lowest BCUT2D eigenvalue weighted by Gasteiger charge is -2.18. The average molecular weight is 326 g/mol. The van der Waals surface area contributed by atoms with Gasteiger partial charge in [0, 0.05) is 25.5 Å². The lowest BCUT2D eigenvalue weighted by atomic mass is 10.2. The van der Waals surface area contributed by atoms with Crippen LogP contribution < -0.4 is 5.56 Å². The first-order valence-electron chi connectivity index (χ1n) is 7.59. The second-order valence-electron chi connectivity index (χ2n) is 5.82. The Morgan fingerprint density at radius 1 is 1.33 bits per heavy atom. The molecule has 8 nitrogen and oxygen atoms in total. The van der Waals surface area contributed by atoms with Crippen LogP contribution in [0, 0.1) is 0 Å². The van der Waals surface area contributed by atoms with Crippen molar-refractivity contribution in [3.63, 3.8) is 0 Å². The molecule has 3 heterocycles. The van der Waals surface area contributed by atoms with Gasteiger partial charge >= 0.3 is 0 Å². The molecule has 0 aromatic carbocycles. The van der Waals surface area contributed by atoms with Gasteiger partial charge in [-0.05, 0) is 26.0 Å². The molecule has 0 unspecified atom stereocenters. The minimum Gasteiger partial charge on any atom is -0.334 e. The van der Waals surface area contributed by atoms with E-state index >= 15 is 0 Å². The topological polar surface area (TPSA) is 85.4 Å². The van der Waals surface area contributed by atoms with Crippen molar-refractivity contribution in [2.45, 2.75) is 26.4 Å². The van der Waals surface area contributed by atoms with Crippen LogP contribution in [0.2, 0.25) is 0 Å². The normalized spacial score (nSPS) is 11.2. The van der Waals surface area contributed by atoms with Crippen molar-refractivity contribution in [3.05, 3.63) is 58.7 Å². The second-order valence-corrected chi connectivity index (χ2v) is 5.82. The molecule has 0 aliphatic rings. The third-order valence-electron chi connectivity index (χ3n) is 3.77. The van der Waals surface area contributed by atoms with Crippen LogP contribution in [0.4, 0.5) is 0 Å². The summed E-state index contributed by atoms with van der Waals surface area (Å²) in [6, 6.07) is 5.41. The molecule has 0 bridgehead atoms. The molecule has 0 spiro atoms. The summed E-state index contributed by atoms with van der Waals surface area (Å²) in [6.45, 7) is 4.27. The Bertz CT molecular complexity index is 943. The highest BCUT2D eigenvalue weighted by molar-refractivity contribution is 5.93. The van der Waals surface area contributed by atoms with Gasteiger partial charge in [0.2, 0.25) is 0 Å². The maximum atomic E-state index is 12.6. The number of carbonyl (C=O) groups is 1. The Hall–Kier alpha value is -3.03. The van der Waals surface area contributed by atoms with E-state index in [0.717, 1.165) is 0 Å². The highest BCUT2D eigenvalue weighted by atomic mass is 16.2. The van der Waals surface area contributed by atoms with Crippen LogP contribution in [0.3, 0.4) is 0 Å². The zero-order valence-electron chi connectivity index (χ0n) is 13.7. The molecule has 8 heteroatoms. The van der Waals surface area contributed by atoms with Gasteiger partial charge in [0.25, 0.3) is 11.5 Å². The van der Waals surface area contributed by atoms with Gasteiger partial charge in [0.1, 0.15) is 17.5 Å². The zero-order valence-corrected chi connectivity index (χ0v) is 13.7. The minimum absolute atomic E-state index is 0.0248. The summed E-state index contributed by atoms with van der Waals surface area (Å²) < 4.78 is 3.24. The van der Waals surface area contributed by atoms with Gasteiger partial charge in [0.15, 0.2) is 5.82 Å². The Balaban J connectivity index is 1.90. The van der Waals surface area contributed by atoms with E-state index in [1.54, 1.807) is 37.8 Å². The molecule has 3 aromatic rings. The number of rotatable bonds is 4. The minimum atomic E-state index is -0.399. The lowest BCUT2D eigenvalue weighted by Crippen LogP contribution is -2.33. The van der Waals surface area contributed by atoms with Crippen LogP contribution in [0.25, 0.3) is 5.65 Å². The van der Waals surface area contributed by atoms with Crippen LogP contribution in [0.5, 0.6) is 0 Å². The lowest BCUT2D eigenvalue weighted by molar-refractivity contribution is 0.0777. The standard InChI is InChI=1S/C16H18N6O2/c1-11(2)22-10-18-19-14(22)9-20(3)15(23)12-8-17-13-6-4-5-7-21(13)16(12)24/h4-8,10-11H,9H2,1-3H3. The number of aromatic nitrogens is 5. The fourth-order valence-electron chi connectivity index (χ4n) is 2.47. The van der Waals surface area contributed by atoms with Gasteiger partial charge in [-0.1, -0.05) is 6.07 Å². The first-order chi connectivity index (χ1) is 11.5. The summed E-state index contributed by atoms with van der Waals surface area (Å²) in [6.07, 6.45) is 4.55. The number of carbonyl (C=O) groups excluding carboxylic acids is 1. The molecule has 0 saturated heterocycles. The Morgan fingerprint density at radius 2 is 2.12 bits per heavy atom. The summed E-state index contributed by atoms with van der Waals surface area (Å²) in [5.41, 5.74) is 0.140. The van der Waals surface area contributed by atoms with E-state index in [9.17, 15) is 9.59 Å². The maximum absolute atomic E-state index is 12.6. The smallest absolute Gasteiger partial charge is 0.270 e. The highest BCUT2D eigenvalue weighted by Gasteiger charge is 2.19. The molecule has 0 saturated carbocycles. The van der Waals surface area contributed by atoms with Crippen LogP contribution in [-0.2, 0) is 6.54 Å². The van der Waals surface area contributed by atoms with Crippen molar-refractivity contribution in [3.8, 4) is 0 Å². The van der Waals surface area contributed by atoms with Crippen LogP contribution in [0.1, 0.15) is 36.1 Å². The third-order valence-corrected chi connectivity index (χ3v) is 3.77. The quantitative estimate of drug-likeness (QED) is 0.718. The molecule has 3 rings (SSSR count). The summed E-state index contributed by atoms with van der Waals surface area (Å²) in [4.78, 5) is 30.7. The highest BCUT2D eigenvalue weighted by Crippen LogP contribution is 2.09. The first-order valence-corrected chi connectivity index (χ1v) is 7.59. The van der Waals surface area contributed by atoms with Gasteiger partial charge in [-0.2, -0.15) is 0 Å². The van der Waals surface area contributed by atoms with Gasteiger partial charge < -0.3 is 9.47 Å². The molecule has 0 aliphatic heterocycles. The van der Waals surface area contributed by atoms with E-state index in [4.69, 9.17) is 0 Å². The number of hydrogen-bond donors (Lipinski definition) is 0. The molecule has 0 aliphatic carbocycles. The summed E-state index contributed by atoms with van der Waals surface area (Å²) in [7, 11) is 1.63. The van der Waals surface area contributed by atoms with Gasteiger partial charge in [-0.3, -0.25) is 14.0 Å². The first kappa shape index (κ1) is 15.9. The Labute approximate surface area is 138 Å². The predicted molar refractivity (Wildman–Crippen MR) is 87.7 cm³/mol. The van der Waals surface area contributed by atoms with Crippen LogP contribution in [-0.4, -0.2) is 42.0 Å². The number of nitrogens with zero attached hydrogens (tertiary/aromatic N) is 6. The van der Waals surface area contributed by atoms with E-state index in [2.05, 4.69) is 15.2 Å². The molecule has 1 amide bonds. The van der Waals surface area contributed by atoms with Gasteiger partial charge in [-0.25, -0.2) is 4.98 Å². The third kappa shape index (κ3) is 2.78. The van der Waals surface area contributed by atoms with E-state index in [-0.39, 0.29) is 23.7 Å². The molecule has 0 N–H and O–H groups in total. The van der Waals surface area contributed by atoms with Crippen molar-refractivity contribution in [1.82, 2.24) is 29.0 Å². The Kier molecular flexibility index (Phi) is 4.11. The number of fused-ring (bicyclic) bond motifs is 1. The van der Waals surface area contributed by atoms with Crippen molar-refractivity contribution < 1.29 is 4.79 Å². The molecule has 0 fully saturated rings. The summed E-state index contributed by atoms with van der Waals surface area (Å²) in [5, 5.41) is 7.93. The molecule has 0 radical (unpaired) electrons. The number of amides is 1. The van der Waals surface area contributed by atoms with Crippen molar-refractivity contribution in [2.75, 3.05) is 7.05 Å².